The first-order valence-corrected chi connectivity index (χ1v) is 6.47. The second kappa shape index (κ2) is 5.31. The number of nitrogens with zero attached hydrogens (tertiary/aromatic N) is 1. The highest BCUT2D eigenvalue weighted by Crippen LogP contribution is 2.27. The Morgan fingerprint density at radius 2 is 2.21 bits per heavy atom. The maximum absolute atomic E-state index is 11.3. The number of carbonyl (C=O) groups is 1. The van der Waals surface area contributed by atoms with E-state index in [0.717, 1.165) is 23.4 Å². The normalized spacial score (nSPS) is 14.3. The molecule has 2 rings (SSSR count). The molecule has 1 N–H and O–H groups in total. The molecule has 4 heteroatoms. The maximum atomic E-state index is 11.3. The van der Waals surface area contributed by atoms with E-state index in [1.54, 1.807) is 0 Å². The van der Waals surface area contributed by atoms with Gasteiger partial charge in [0, 0.05) is 12.1 Å². The van der Waals surface area contributed by atoms with Gasteiger partial charge in [-0.1, -0.05) is 0 Å². The number of nitrogens with one attached hydrogen (secondary N) is 1. The van der Waals surface area contributed by atoms with Crippen LogP contribution in [0.2, 0.25) is 0 Å². The molecule has 4 nitrogen and oxygen atoms in total. The van der Waals surface area contributed by atoms with E-state index in [-0.39, 0.29) is 11.3 Å². The Morgan fingerprint density at radius 3 is 2.95 bits per heavy atom. The van der Waals surface area contributed by atoms with Crippen LogP contribution in [0.25, 0.3) is 0 Å². The van der Waals surface area contributed by atoms with E-state index in [4.69, 9.17) is 10.00 Å². The van der Waals surface area contributed by atoms with Crippen molar-refractivity contribution >= 4 is 11.6 Å². The van der Waals surface area contributed by atoms with Crippen LogP contribution >= 0.6 is 0 Å². The quantitative estimate of drug-likeness (QED) is 0.903. The number of hydrogen-bond acceptors (Lipinski definition) is 3. The zero-order valence-corrected chi connectivity index (χ0v) is 11.3. The Kier molecular flexibility index (Phi) is 3.75. The van der Waals surface area contributed by atoms with Crippen molar-refractivity contribution in [2.75, 3.05) is 11.9 Å². The molecular formula is C15H18N2O2. The van der Waals surface area contributed by atoms with Gasteiger partial charge in [0.15, 0.2) is 0 Å². The Hall–Kier alpha value is -2.02. The van der Waals surface area contributed by atoms with Gasteiger partial charge in [-0.3, -0.25) is 4.79 Å². The molecular weight excluding hydrogens is 240 g/mol. The SMILES string of the molecule is CC(C)(C#N)CCOc1ccc2c(c1)CCC(=O)N2. The zero-order valence-electron chi connectivity index (χ0n) is 11.3. The van der Waals surface area contributed by atoms with Crippen LogP contribution in [0.1, 0.15) is 32.3 Å². The minimum atomic E-state index is -0.359. The number of nitriles is 1. The lowest BCUT2D eigenvalue weighted by Crippen LogP contribution is -2.19. The molecule has 1 heterocycles. The molecule has 0 radical (unpaired) electrons. The van der Waals surface area contributed by atoms with Gasteiger partial charge in [-0.25, -0.2) is 0 Å². The van der Waals surface area contributed by atoms with Crippen LogP contribution in [0.5, 0.6) is 5.75 Å². The summed E-state index contributed by atoms with van der Waals surface area (Å²) >= 11 is 0. The van der Waals surface area contributed by atoms with E-state index in [1.165, 1.54) is 0 Å². The third-order valence-electron chi connectivity index (χ3n) is 3.27. The van der Waals surface area contributed by atoms with Gasteiger partial charge < -0.3 is 10.1 Å². The fraction of sp³-hybridized carbons (Fsp3) is 0.467. The molecule has 1 aliphatic rings. The van der Waals surface area contributed by atoms with Crippen molar-refractivity contribution in [1.29, 1.82) is 5.26 Å². The molecule has 0 fully saturated rings. The highest BCUT2D eigenvalue weighted by molar-refractivity contribution is 5.93. The second-order valence-electron chi connectivity index (χ2n) is 5.46. The molecule has 0 unspecified atom stereocenters. The van der Waals surface area contributed by atoms with E-state index in [1.807, 2.05) is 32.0 Å². The van der Waals surface area contributed by atoms with Crippen LogP contribution in [-0.4, -0.2) is 12.5 Å². The smallest absolute Gasteiger partial charge is 0.224 e. The van der Waals surface area contributed by atoms with Crippen molar-refractivity contribution in [3.63, 3.8) is 0 Å². The standard InChI is InChI=1S/C15H18N2O2/c1-15(2,10-16)7-8-19-12-4-5-13-11(9-12)3-6-14(18)17-13/h4-5,9H,3,6-8H2,1-2H3,(H,17,18). The Balaban J connectivity index is 1.96. The van der Waals surface area contributed by atoms with Crippen molar-refractivity contribution in [2.24, 2.45) is 5.41 Å². The molecule has 100 valence electrons. The van der Waals surface area contributed by atoms with Crippen LogP contribution in [0, 0.1) is 16.7 Å². The first kappa shape index (κ1) is 13.4. The second-order valence-corrected chi connectivity index (χ2v) is 5.46. The fourth-order valence-corrected chi connectivity index (χ4v) is 1.93. The monoisotopic (exact) mass is 258 g/mol. The summed E-state index contributed by atoms with van der Waals surface area (Å²) < 4.78 is 5.67. The third kappa shape index (κ3) is 3.47. The van der Waals surface area contributed by atoms with Gasteiger partial charge >= 0.3 is 0 Å². The van der Waals surface area contributed by atoms with E-state index in [2.05, 4.69) is 11.4 Å². The molecule has 0 aliphatic carbocycles. The Bertz CT molecular complexity index is 529. The first-order valence-electron chi connectivity index (χ1n) is 6.47. The molecule has 0 atom stereocenters. The number of benzene rings is 1. The van der Waals surface area contributed by atoms with Gasteiger partial charge in [0.1, 0.15) is 5.75 Å². The molecule has 0 spiro atoms. The van der Waals surface area contributed by atoms with Crippen LogP contribution in [0.4, 0.5) is 5.69 Å². The van der Waals surface area contributed by atoms with Gasteiger partial charge in [-0.15, -0.1) is 0 Å². The molecule has 1 aromatic carbocycles. The lowest BCUT2D eigenvalue weighted by atomic mass is 9.92. The first-order chi connectivity index (χ1) is 9.00. The third-order valence-corrected chi connectivity index (χ3v) is 3.27. The molecule has 19 heavy (non-hydrogen) atoms. The van der Waals surface area contributed by atoms with Crippen LogP contribution < -0.4 is 10.1 Å². The summed E-state index contributed by atoms with van der Waals surface area (Å²) in [7, 11) is 0. The summed E-state index contributed by atoms with van der Waals surface area (Å²) in [5.41, 5.74) is 1.62. The van der Waals surface area contributed by atoms with Gasteiger partial charge in [0.25, 0.3) is 0 Å². The molecule has 1 aliphatic heterocycles. The van der Waals surface area contributed by atoms with Crippen LogP contribution in [-0.2, 0) is 11.2 Å². The molecule has 0 aromatic heterocycles. The van der Waals surface area contributed by atoms with Gasteiger partial charge in [-0.05, 0) is 50.5 Å². The van der Waals surface area contributed by atoms with Crippen molar-refractivity contribution < 1.29 is 9.53 Å². The number of aryl methyl sites for hydroxylation is 1. The topological polar surface area (TPSA) is 62.1 Å². The van der Waals surface area contributed by atoms with Crippen LogP contribution in [0.3, 0.4) is 0 Å². The van der Waals surface area contributed by atoms with Crippen molar-refractivity contribution in [3.8, 4) is 11.8 Å². The summed E-state index contributed by atoms with van der Waals surface area (Å²) in [4.78, 5) is 11.3. The van der Waals surface area contributed by atoms with Crippen LogP contribution in [0.15, 0.2) is 18.2 Å². The van der Waals surface area contributed by atoms with Crippen molar-refractivity contribution in [2.45, 2.75) is 33.1 Å². The number of carbonyl (C=O) groups excluding carboxylic acids is 1. The zero-order chi connectivity index (χ0) is 13.9. The predicted octanol–water partition coefficient (Wildman–Crippen LogP) is 2.89. The summed E-state index contributed by atoms with van der Waals surface area (Å²) in [6.07, 6.45) is 1.97. The molecule has 0 saturated heterocycles. The molecule has 1 amide bonds. The number of ether oxygens (including phenoxy) is 1. The van der Waals surface area contributed by atoms with Gasteiger partial charge in [-0.2, -0.15) is 5.26 Å². The maximum Gasteiger partial charge on any atom is 0.224 e. The van der Waals surface area contributed by atoms with E-state index < -0.39 is 0 Å². The number of rotatable bonds is 4. The number of anilines is 1. The highest BCUT2D eigenvalue weighted by atomic mass is 16.5. The summed E-state index contributed by atoms with van der Waals surface area (Å²) in [6.45, 7) is 4.32. The van der Waals surface area contributed by atoms with E-state index in [9.17, 15) is 4.79 Å². The minimum absolute atomic E-state index is 0.0666. The summed E-state index contributed by atoms with van der Waals surface area (Å²) in [5.74, 6) is 0.862. The molecule has 1 aromatic rings. The lowest BCUT2D eigenvalue weighted by molar-refractivity contribution is -0.116. The fourth-order valence-electron chi connectivity index (χ4n) is 1.93. The average molecular weight is 258 g/mol. The largest absolute Gasteiger partial charge is 0.494 e. The highest BCUT2D eigenvalue weighted by Gasteiger charge is 2.17. The lowest BCUT2D eigenvalue weighted by Gasteiger charge is -2.19. The molecule has 0 saturated carbocycles. The number of amides is 1. The Labute approximate surface area is 113 Å². The number of hydrogen-bond donors (Lipinski definition) is 1. The Morgan fingerprint density at radius 1 is 1.42 bits per heavy atom. The van der Waals surface area contributed by atoms with Gasteiger partial charge in [0.2, 0.25) is 5.91 Å². The summed E-state index contributed by atoms with van der Waals surface area (Å²) in [6, 6.07) is 7.94. The minimum Gasteiger partial charge on any atom is -0.494 e. The van der Waals surface area contributed by atoms with E-state index >= 15 is 0 Å². The number of fused-ring (bicyclic) bond motifs is 1. The van der Waals surface area contributed by atoms with Gasteiger partial charge in [0.05, 0.1) is 18.1 Å². The predicted molar refractivity (Wildman–Crippen MR) is 72.9 cm³/mol. The van der Waals surface area contributed by atoms with Crippen molar-refractivity contribution in [3.05, 3.63) is 23.8 Å². The summed E-state index contributed by atoms with van der Waals surface area (Å²) in [5, 5.41) is 11.8. The molecule has 0 bridgehead atoms. The van der Waals surface area contributed by atoms with Crippen molar-refractivity contribution in [1.82, 2.24) is 0 Å². The van der Waals surface area contributed by atoms with E-state index in [0.29, 0.717) is 19.4 Å². The average Bonchev–Trinajstić information content (AvgIpc) is 2.39.